The van der Waals surface area contributed by atoms with Gasteiger partial charge in [-0.15, -0.1) is 11.8 Å². The Labute approximate surface area is 171 Å². The third-order valence-corrected chi connectivity index (χ3v) is 5.58. The molecule has 3 amide bonds. The van der Waals surface area contributed by atoms with Crippen LogP contribution in [0.25, 0.3) is 6.08 Å². The van der Waals surface area contributed by atoms with Gasteiger partial charge in [-0.3, -0.25) is 19.3 Å². The number of anilines is 1. The van der Waals surface area contributed by atoms with Crippen molar-refractivity contribution in [1.82, 2.24) is 4.90 Å². The maximum Gasteiger partial charge on any atom is 0.294 e. The molecule has 6 nitrogen and oxygen atoms in total. The van der Waals surface area contributed by atoms with Gasteiger partial charge < -0.3 is 10.1 Å². The lowest BCUT2D eigenvalue weighted by molar-refractivity contribution is -0.127. The maximum atomic E-state index is 12.5. The molecule has 8 heteroatoms. The number of hydrogen-bond donors (Lipinski definition) is 1. The molecule has 2 aromatic carbocycles. The van der Waals surface area contributed by atoms with Crippen molar-refractivity contribution in [3.8, 4) is 5.75 Å². The second-order valence-corrected chi connectivity index (χ2v) is 7.69. The summed E-state index contributed by atoms with van der Waals surface area (Å²) in [6, 6.07) is 14.5. The minimum absolute atomic E-state index is 0.285. The third kappa shape index (κ3) is 4.76. The first-order valence-electron chi connectivity index (χ1n) is 8.33. The Morgan fingerprint density at radius 3 is 2.64 bits per heavy atom. The molecule has 1 heterocycles. The first-order chi connectivity index (χ1) is 13.5. The number of thioether (sulfide) groups is 2. The molecule has 0 unspecified atom stereocenters. The molecular weight excluding hydrogens is 396 g/mol. The average molecular weight is 415 g/mol. The molecule has 1 saturated heterocycles. The topological polar surface area (TPSA) is 75.7 Å². The van der Waals surface area contributed by atoms with Crippen LogP contribution < -0.4 is 10.1 Å². The largest absolute Gasteiger partial charge is 0.497 e. The van der Waals surface area contributed by atoms with E-state index in [1.165, 1.54) is 0 Å². The second kappa shape index (κ2) is 8.99. The van der Waals surface area contributed by atoms with Crippen molar-refractivity contribution < 1.29 is 19.1 Å². The fraction of sp³-hybridized carbons (Fsp3) is 0.150. The Kier molecular flexibility index (Phi) is 6.43. The van der Waals surface area contributed by atoms with Crippen LogP contribution >= 0.6 is 23.5 Å². The van der Waals surface area contributed by atoms with Gasteiger partial charge in [0, 0.05) is 10.6 Å². The molecule has 0 spiro atoms. The van der Waals surface area contributed by atoms with Crippen LogP contribution in [0.5, 0.6) is 5.75 Å². The van der Waals surface area contributed by atoms with Crippen molar-refractivity contribution in [2.75, 3.05) is 25.2 Å². The van der Waals surface area contributed by atoms with Gasteiger partial charge in [0.05, 0.1) is 12.0 Å². The summed E-state index contributed by atoms with van der Waals surface area (Å²) in [7, 11) is 1.57. The van der Waals surface area contributed by atoms with Gasteiger partial charge in [0.25, 0.3) is 11.1 Å². The van der Waals surface area contributed by atoms with Crippen molar-refractivity contribution in [3.05, 3.63) is 59.0 Å². The summed E-state index contributed by atoms with van der Waals surface area (Å²) in [5, 5.41) is 2.26. The Morgan fingerprint density at radius 2 is 1.96 bits per heavy atom. The van der Waals surface area contributed by atoms with Crippen LogP contribution in [0.15, 0.2) is 58.3 Å². The summed E-state index contributed by atoms with van der Waals surface area (Å²) in [4.78, 5) is 39.3. The molecule has 3 rings (SSSR count). The highest BCUT2D eigenvalue weighted by molar-refractivity contribution is 8.18. The summed E-state index contributed by atoms with van der Waals surface area (Å²) in [6.45, 7) is -0.325. The van der Waals surface area contributed by atoms with Gasteiger partial charge >= 0.3 is 0 Å². The normalized spacial score (nSPS) is 15.2. The van der Waals surface area contributed by atoms with Gasteiger partial charge in [0.2, 0.25) is 5.91 Å². The van der Waals surface area contributed by atoms with Crippen LogP contribution in [0.4, 0.5) is 10.5 Å². The Balaban J connectivity index is 1.67. The summed E-state index contributed by atoms with van der Waals surface area (Å²) >= 11 is 2.38. The summed E-state index contributed by atoms with van der Waals surface area (Å²) in [5.74, 6) is -0.197. The number of methoxy groups -OCH3 is 1. The first kappa shape index (κ1) is 20.0. The second-order valence-electron chi connectivity index (χ2n) is 5.82. The van der Waals surface area contributed by atoms with Gasteiger partial charge in [0.15, 0.2) is 0 Å². The zero-order chi connectivity index (χ0) is 20.1. The summed E-state index contributed by atoms with van der Waals surface area (Å²) < 4.78 is 5.10. The predicted octanol–water partition coefficient (Wildman–Crippen LogP) is 4.09. The fourth-order valence-corrected chi connectivity index (χ4v) is 3.83. The smallest absolute Gasteiger partial charge is 0.294 e. The molecule has 28 heavy (non-hydrogen) atoms. The Hall–Kier alpha value is -2.71. The number of nitrogens with zero attached hydrogens (tertiary/aromatic N) is 1. The molecule has 2 aromatic rings. The van der Waals surface area contributed by atoms with Crippen LogP contribution in [-0.2, 0) is 9.59 Å². The van der Waals surface area contributed by atoms with Gasteiger partial charge in [-0.25, -0.2) is 0 Å². The number of rotatable bonds is 6. The van der Waals surface area contributed by atoms with Crippen molar-refractivity contribution in [2.45, 2.75) is 4.90 Å². The number of carbonyl (C=O) groups is 3. The number of amides is 3. The van der Waals surface area contributed by atoms with E-state index < -0.39 is 17.1 Å². The first-order valence-corrected chi connectivity index (χ1v) is 10.4. The van der Waals surface area contributed by atoms with E-state index in [-0.39, 0.29) is 11.4 Å². The maximum absolute atomic E-state index is 12.5. The monoisotopic (exact) mass is 414 g/mol. The molecule has 1 aliphatic heterocycles. The molecule has 0 radical (unpaired) electrons. The Morgan fingerprint density at radius 1 is 1.21 bits per heavy atom. The van der Waals surface area contributed by atoms with Crippen molar-refractivity contribution in [3.63, 3.8) is 0 Å². The van der Waals surface area contributed by atoms with Gasteiger partial charge in [0.1, 0.15) is 12.3 Å². The van der Waals surface area contributed by atoms with E-state index in [0.717, 1.165) is 27.1 Å². The average Bonchev–Trinajstić information content (AvgIpc) is 2.96. The van der Waals surface area contributed by atoms with E-state index in [1.54, 1.807) is 55.3 Å². The summed E-state index contributed by atoms with van der Waals surface area (Å²) in [5.41, 5.74) is 1.39. The minimum Gasteiger partial charge on any atom is -0.497 e. The van der Waals surface area contributed by atoms with Crippen LogP contribution in [0.1, 0.15) is 5.56 Å². The molecule has 0 bridgehead atoms. The molecular formula is C20H18N2O4S2. The van der Waals surface area contributed by atoms with E-state index in [1.807, 2.05) is 24.5 Å². The number of hydrogen-bond acceptors (Lipinski definition) is 6. The van der Waals surface area contributed by atoms with Crippen LogP contribution in [0, 0.1) is 0 Å². The lowest BCUT2D eigenvalue weighted by Crippen LogP contribution is -2.36. The number of imide groups is 1. The van der Waals surface area contributed by atoms with Crippen LogP contribution in [-0.4, -0.2) is 41.9 Å². The molecule has 0 aromatic heterocycles. The molecule has 144 valence electrons. The van der Waals surface area contributed by atoms with E-state index in [4.69, 9.17) is 4.74 Å². The highest BCUT2D eigenvalue weighted by atomic mass is 32.2. The molecule has 1 N–H and O–H groups in total. The van der Waals surface area contributed by atoms with Gasteiger partial charge in [-0.2, -0.15) is 0 Å². The summed E-state index contributed by atoms with van der Waals surface area (Å²) in [6.07, 6.45) is 3.57. The quantitative estimate of drug-likeness (QED) is 0.567. The minimum atomic E-state index is -0.473. The lowest BCUT2D eigenvalue weighted by atomic mass is 10.2. The van der Waals surface area contributed by atoms with Crippen molar-refractivity contribution in [1.29, 1.82) is 0 Å². The number of ether oxygens (including phenoxy) is 1. The number of nitrogens with one attached hydrogen (secondary N) is 1. The van der Waals surface area contributed by atoms with Gasteiger partial charge in [-0.05, 0) is 60.0 Å². The van der Waals surface area contributed by atoms with E-state index in [9.17, 15) is 14.4 Å². The van der Waals surface area contributed by atoms with Crippen LogP contribution in [0.3, 0.4) is 0 Å². The predicted molar refractivity (Wildman–Crippen MR) is 113 cm³/mol. The standard InChI is InChI=1S/C20H18N2O4S2/c1-26-15-8-6-13(7-9-15)10-17-19(24)22(20(25)28-17)12-18(23)21-14-4-3-5-16(11-14)27-2/h3-11H,12H2,1-2H3,(H,21,23)/b17-10+. The molecule has 0 atom stereocenters. The molecule has 1 aliphatic rings. The number of carbonyl (C=O) groups excluding carboxylic acids is 3. The third-order valence-electron chi connectivity index (χ3n) is 3.94. The number of benzene rings is 2. The van der Waals surface area contributed by atoms with Crippen molar-refractivity contribution in [2.24, 2.45) is 0 Å². The SMILES string of the molecule is COc1ccc(/C=C2/SC(=O)N(CC(=O)Nc3cccc(SC)c3)C2=O)cc1. The highest BCUT2D eigenvalue weighted by Crippen LogP contribution is 2.32. The van der Waals surface area contributed by atoms with E-state index >= 15 is 0 Å². The zero-order valence-corrected chi connectivity index (χ0v) is 16.9. The Bertz CT molecular complexity index is 941. The molecule has 0 saturated carbocycles. The zero-order valence-electron chi connectivity index (χ0n) is 15.3. The molecule has 0 aliphatic carbocycles. The van der Waals surface area contributed by atoms with Crippen molar-refractivity contribution >= 4 is 52.3 Å². The highest BCUT2D eigenvalue weighted by Gasteiger charge is 2.36. The molecule has 1 fully saturated rings. The lowest BCUT2D eigenvalue weighted by Gasteiger charge is -2.12. The fourth-order valence-electron chi connectivity index (χ4n) is 2.53. The van der Waals surface area contributed by atoms with E-state index in [2.05, 4.69) is 5.32 Å². The van der Waals surface area contributed by atoms with E-state index in [0.29, 0.717) is 11.4 Å². The van der Waals surface area contributed by atoms with Gasteiger partial charge in [-0.1, -0.05) is 18.2 Å². The van der Waals surface area contributed by atoms with Crippen LogP contribution in [0.2, 0.25) is 0 Å².